The maximum absolute atomic E-state index is 12.8. The molecular formula is C25H28N4O3. The largest absolute Gasteiger partial charge is 0.453 e. The molecule has 0 radical (unpaired) electrons. The van der Waals surface area contributed by atoms with Gasteiger partial charge in [0.2, 0.25) is 5.91 Å². The number of amides is 1. The third-order valence-electron chi connectivity index (χ3n) is 7.94. The average molecular weight is 433 g/mol. The molecule has 3 aromatic rings. The number of primary amides is 1. The highest BCUT2D eigenvalue weighted by Crippen LogP contribution is 2.59. The summed E-state index contributed by atoms with van der Waals surface area (Å²) in [6.07, 6.45) is 9.23. The van der Waals surface area contributed by atoms with Crippen molar-refractivity contribution in [1.29, 1.82) is 0 Å². The van der Waals surface area contributed by atoms with Crippen LogP contribution in [0.2, 0.25) is 0 Å². The summed E-state index contributed by atoms with van der Waals surface area (Å²) >= 11 is 0. The van der Waals surface area contributed by atoms with Crippen LogP contribution < -0.4 is 5.73 Å². The highest BCUT2D eigenvalue weighted by Gasteiger charge is 2.52. The first kappa shape index (κ1) is 19.6. The van der Waals surface area contributed by atoms with E-state index < -0.39 is 11.9 Å². The van der Waals surface area contributed by atoms with Crippen molar-refractivity contribution in [2.24, 2.45) is 30.5 Å². The summed E-state index contributed by atoms with van der Waals surface area (Å²) in [5, 5.41) is 0. The molecule has 1 amide bonds. The lowest BCUT2D eigenvalue weighted by Gasteiger charge is -2.57. The Balaban J connectivity index is 1.34. The minimum atomic E-state index is -0.566. The Hall–Kier alpha value is -3.09. The lowest BCUT2D eigenvalue weighted by atomic mass is 9.53. The Labute approximate surface area is 186 Å². The number of para-hydroxylation sites is 2. The molecule has 0 aliphatic heterocycles. The van der Waals surface area contributed by atoms with Crippen LogP contribution in [0.5, 0.6) is 0 Å². The van der Waals surface area contributed by atoms with Gasteiger partial charge in [-0.25, -0.2) is 9.78 Å². The highest BCUT2D eigenvalue weighted by molar-refractivity contribution is 5.96. The summed E-state index contributed by atoms with van der Waals surface area (Å²) < 4.78 is 9.72. The van der Waals surface area contributed by atoms with Gasteiger partial charge in [-0.05, 0) is 74.5 Å². The van der Waals surface area contributed by atoms with Crippen LogP contribution >= 0.6 is 0 Å². The van der Waals surface area contributed by atoms with E-state index in [-0.39, 0.29) is 12.1 Å². The smallest absolute Gasteiger partial charge is 0.355 e. The Morgan fingerprint density at radius 1 is 1.12 bits per heavy atom. The quantitative estimate of drug-likeness (QED) is 0.622. The molecule has 4 aliphatic rings. The molecule has 7 nitrogen and oxygen atoms in total. The zero-order chi connectivity index (χ0) is 22.0. The van der Waals surface area contributed by atoms with Crippen molar-refractivity contribution < 1.29 is 14.3 Å². The van der Waals surface area contributed by atoms with Crippen molar-refractivity contribution in [3.63, 3.8) is 0 Å². The first-order valence-corrected chi connectivity index (χ1v) is 11.5. The second-order valence-corrected chi connectivity index (χ2v) is 10.2. The second-order valence-electron chi connectivity index (χ2n) is 10.2. The monoisotopic (exact) mass is 432 g/mol. The number of fused-ring (bicyclic) bond motifs is 1. The lowest BCUT2D eigenvalue weighted by Crippen LogP contribution is -2.52. The fraction of sp³-hybridized carbons (Fsp3) is 0.480. The first-order valence-electron chi connectivity index (χ1n) is 11.5. The molecule has 7 rings (SSSR count). The summed E-state index contributed by atoms with van der Waals surface area (Å²) in [6, 6.07) is 9.72. The lowest BCUT2D eigenvalue weighted by molar-refractivity contribution is -0.0440. The Bertz CT molecular complexity index is 1200. The number of carbonyl (C=O) groups is 2. The van der Waals surface area contributed by atoms with Gasteiger partial charge in [0.15, 0.2) is 0 Å². The van der Waals surface area contributed by atoms with Gasteiger partial charge in [-0.3, -0.25) is 4.79 Å². The minimum Gasteiger partial charge on any atom is -0.453 e. The number of hydrogen-bond acceptors (Lipinski definition) is 4. The summed E-state index contributed by atoms with van der Waals surface area (Å²) in [6.45, 7) is 0.104. The molecule has 0 atom stereocenters. The zero-order valence-electron chi connectivity index (χ0n) is 18.3. The molecule has 2 heterocycles. The van der Waals surface area contributed by atoms with Crippen LogP contribution in [0.15, 0.2) is 36.5 Å². The van der Waals surface area contributed by atoms with Gasteiger partial charge in [0, 0.05) is 18.8 Å². The Kier molecular flexibility index (Phi) is 4.26. The number of ether oxygens (including phenoxy) is 1. The van der Waals surface area contributed by atoms with Crippen molar-refractivity contribution in [3.8, 4) is 0 Å². The standard InChI is InChI=1S/C25H28N4O3/c1-28-13-18(23(26)30)9-21(28)24(31)32-14-22-27-19-4-2-3-5-20(19)29(22)25-10-15-6-16(11-25)8-17(7-15)12-25/h2-5,9,13,15-17H,6-8,10-12,14H2,1H3,(H2,26,30). The molecule has 4 fully saturated rings. The van der Waals surface area contributed by atoms with Crippen LogP contribution in [0.4, 0.5) is 0 Å². The average Bonchev–Trinajstić information content (AvgIpc) is 3.32. The van der Waals surface area contributed by atoms with Gasteiger partial charge in [0.1, 0.15) is 18.1 Å². The molecule has 4 bridgehead atoms. The normalized spacial score (nSPS) is 28.3. The van der Waals surface area contributed by atoms with E-state index in [1.807, 2.05) is 12.1 Å². The summed E-state index contributed by atoms with van der Waals surface area (Å²) in [7, 11) is 1.70. The van der Waals surface area contributed by atoms with Gasteiger partial charge in [0.05, 0.1) is 16.6 Å². The number of rotatable bonds is 5. The third-order valence-corrected chi connectivity index (χ3v) is 7.94. The van der Waals surface area contributed by atoms with E-state index in [0.29, 0.717) is 11.3 Å². The van der Waals surface area contributed by atoms with Crippen molar-refractivity contribution in [2.75, 3.05) is 0 Å². The number of nitrogens with zero attached hydrogens (tertiary/aromatic N) is 3. The fourth-order valence-corrected chi connectivity index (χ4v) is 7.15. The summed E-state index contributed by atoms with van der Waals surface area (Å²) in [5.41, 5.74) is 8.11. The fourth-order valence-electron chi connectivity index (χ4n) is 7.15. The van der Waals surface area contributed by atoms with Crippen molar-refractivity contribution in [2.45, 2.75) is 50.7 Å². The van der Waals surface area contributed by atoms with E-state index in [1.165, 1.54) is 44.6 Å². The van der Waals surface area contributed by atoms with E-state index in [0.717, 1.165) is 34.6 Å². The maximum atomic E-state index is 12.8. The molecule has 1 aromatic carbocycles. The predicted octanol–water partition coefficient (Wildman–Crippen LogP) is 3.76. The van der Waals surface area contributed by atoms with Gasteiger partial charge < -0.3 is 19.6 Å². The van der Waals surface area contributed by atoms with Crippen molar-refractivity contribution in [1.82, 2.24) is 14.1 Å². The summed E-state index contributed by atoms with van der Waals surface area (Å²) in [5.74, 6) is 2.16. The van der Waals surface area contributed by atoms with Gasteiger partial charge in [0.25, 0.3) is 0 Å². The molecule has 0 unspecified atom stereocenters. The Morgan fingerprint density at radius 3 is 2.41 bits per heavy atom. The van der Waals surface area contributed by atoms with E-state index in [9.17, 15) is 9.59 Å². The third kappa shape index (κ3) is 2.98. The number of benzene rings is 1. The highest BCUT2D eigenvalue weighted by atomic mass is 16.5. The van der Waals surface area contributed by atoms with Crippen LogP contribution in [-0.4, -0.2) is 26.0 Å². The number of carbonyl (C=O) groups excluding carboxylic acids is 2. The van der Waals surface area contributed by atoms with Gasteiger partial charge in [-0.15, -0.1) is 0 Å². The number of aromatic nitrogens is 3. The second kappa shape index (κ2) is 6.95. The number of esters is 1. The molecule has 7 heteroatoms. The number of imidazole rings is 1. The molecule has 4 saturated carbocycles. The van der Waals surface area contributed by atoms with E-state index >= 15 is 0 Å². The van der Waals surface area contributed by atoms with Crippen molar-refractivity contribution in [3.05, 3.63) is 53.6 Å². The Morgan fingerprint density at radius 2 is 1.78 bits per heavy atom. The predicted molar refractivity (Wildman–Crippen MR) is 119 cm³/mol. The zero-order valence-corrected chi connectivity index (χ0v) is 18.3. The van der Waals surface area contributed by atoms with Gasteiger partial charge >= 0.3 is 5.97 Å². The summed E-state index contributed by atoms with van der Waals surface area (Å²) in [4.78, 5) is 29.2. The number of nitrogens with two attached hydrogens (primary N) is 1. The van der Waals surface area contributed by atoms with E-state index in [2.05, 4.69) is 16.7 Å². The van der Waals surface area contributed by atoms with E-state index in [4.69, 9.17) is 15.5 Å². The van der Waals surface area contributed by atoms with Crippen LogP contribution in [0.25, 0.3) is 11.0 Å². The molecule has 0 saturated heterocycles. The number of hydrogen-bond donors (Lipinski definition) is 1. The molecule has 2 N–H and O–H groups in total. The van der Waals surface area contributed by atoms with Gasteiger partial charge in [-0.2, -0.15) is 0 Å². The molecule has 4 aliphatic carbocycles. The topological polar surface area (TPSA) is 92.1 Å². The molecule has 2 aromatic heterocycles. The minimum absolute atomic E-state index is 0.0801. The first-order chi connectivity index (χ1) is 15.4. The van der Waals surface area contributed by atoms with Crippen LogP contribution in [-0.2, 0) is 23.9 Å². The SMILES string of the molecule is Cn1cc(C(N)=O)cc1C(=O)OCc1nc2ccccc2n1C12CC3CC(CC(C3)C1)C2. The molecular weight excluding hydrogens is 404 g/mol. The molecule has 0 spiro atoms. The molecule has 166 valence electrons. The van der Waals surface area contributed by atoms with Crippen molar-refractivity contribution >= 4 is 22.9 Å². The van der Waals surface area contributed by atoms with E-state index in [1.54, 1.807) is 17.8 Å². The van der Waals surface area contributed by atoms with Crippen LogP contribution in [0.1, 0.15) is 65.2 Å². The van der Waals surface area contributed by atoms with Crippen LogP contribution in [0, 0.1) is 17.8 Å². The van der Waals surface area contributed by atoms with Crippen LogP contribution in [0.3, 0.4) is 0 Å². The maximum Gasteiger partial charge on any atom is 0.355 e. The number of aryl methyl sites for hydroxylation is 1. The molecule has 32 heavy (non-hydrogen) atoms. The van der Waals surface area contributed by atoms with Gasteiger partial charge in [-0.1, -0.05) is 12.1 Å².